The Morgan fingerprint density at radius 3 is 2.65 bits per heavy atom. The van der Waals surface area contributed by atoms with Crippen LogP contribution in [-0.2, 0) is 17.8 Å². The van der Waals surface area contributed by atoms with Crippen molar-refractivity contribution in [1.82, 2.24) is 16.0 Å². The predicted octanol–water partition coefficient (Wildman–Crippen LogP) is 3.15. The highest BCUT2D eigenvalue weighted by molar-refractivity contribution is 14.0. The second-order valence-electron chi connectivity index (χ2n) is 6.65. The molecule has 0 aromatic carbocycles. The zero-order chi connectivity index (χ0) is 18.1. The van der Waals surface area contributed by atoms with E-state index in [2.05, 4.69) is 27.0 Å². The molecule has 0 saturated heterocycles. The van der Waals surface area contributed by atoms with Crippen LogP contribution in [0.3, 0.4) is 0 Å². The molecule has 26 heavy (non-hydrogen) atoms. The predicted molar refractivity (Wildman–Crippen MR) is 117 cm³/mol. The molecule has 0 saturated carbocycles. The van der Waals surface area contributed by atoms with Gasteiger partial charge in [0.15, 0.2) is 5.96 Å². The minimum atomic E-state index is -0.260. The molecular formula is C18H27IN4O2S. The second-order valence-corrected chi connectivity index (χ2v) is 7.68. The summed E-state index contributed by atoms with van der Waals surface area (Å²) in [6.45, 7) is 7.28. The normalized spacial score (nSPS) is 11.6. The Bertz CT molecular complexity index is 664. The third-order valence-electron chi connectivity index (χ3n) is 3.15. The van der Waals surface area contributed by atoms with Gasteiger partial charge in [-0.1, -0.05) is 6.07 Å². The molecule has 0 atom stereocenters. The molecule has 1 amide bonds. The van der Waals surface area contributed by atoms with Crippen molar-refractivity contribution in [2.45, 2.75) is 39.3 Å². The van der Waals surface area contributed by atoms with Gasteiger partial charge in [-0.2, -0.15) is 0 Å². The van der Waals surface area contributed by atoms with Crippen molar-refractivity contribution in [2.75, 3.05) is 13.1 Å². The van der Waals surface area contributed by atoms with Crippen molar-refractivity contribution in [2.24, 2.45) is 4.99 Å². The average Bonchev–Trinajstić information content (AvgIpc) is 3.21. The van der Waals surface area contributed by atoms with E-state index < -0.39 is 0 Å². The number of nitrogens with one attached hydrogen (secondary N) is 3. The van der Waals surface area contributed by atoms with Gasteiger partial charge in [0.1, 0.15) is 12.3 Å². The maximum atomic E-state index is 12.0. The molecule has 0 aliphatic rings. The van der Waals surface area contributed by atoms with E-state index in [1.807, 2.05) is 44.4 Å². The molecule has 2 aromatic heterocycles. The van der Waals surface area contributed by atoms with Crippen molar-refractivity contribution in [1.29, 1.82) is 0 Å². The van der Waals surface area contributed by atoms with Gasteiger partial charge in [-0.15, -0.1) is 35.3 Å². The molecule has 0 spiro atoms. The zero-order valence-electron chi connectivity index (χ0n) is 15.4. The fourth-order valence-corrected chi connectivity index (χ4v) is 2.77. The Balaban J connectivity index is 0.00000338. The number of rotatable bonds is 7. The SMILES string of the molecule is CC(C)(C)NC(=O)CN=C(NCCc1ccco1)NCc1cccs1.I. The van der Waals surface area contributed by atoms with Gasteiger partial charge in [-0.3, -0.25) is 4.79 Å². The number of carbonyl (C=O) groups excluding carboxylic acids is 1. The summed E-state index contributed by atoms with van der Waals surface area (Å²) in [5.41, 5.74) is -0.260. The zero-order valence-corrected chi connectivity index (χ0v) is 18.5. The summed E-state index contributed by atoms with van der Waals surface area (Å²) in [7, 11) is 0. The number of hydrogen-bond acceptors (Lipinski definition) is 4. The van der Waals surface area contributed by atoms with Crippen molar-refractivity contribution < 1.29 is 9.21 Å². The van der Waals surface area contributed by atoms with Gasteiger partial charge in [0, 0.05) is 23.4 Å². The second kappa shape index (κ2) is 11.2. The molecule has 0 fully saturated rings. The summed E-state index contributed by atoms with van der Waals surface area (Å²) in [5.74, 6) is 1.43. The summed E-state index contributed by atoms with van der Waals surface area (Å²) in [6, 6.07) is 7.88. The number of hydrogen-bond donors (Lipinski definition) is 3. The van der Waals surface area contributed by atoms with E-state index in [0.29, 0.717) is 19.0 Å². The summed E-state index contributed by atoms with van der Waals surface area (Å²) in [4.78, 5) is 17.6. The molecule has 0 radical (unpaired) electrons. The lowest BCUT2D eigenvalue weighted by Gasteiger charge is -2.20. The molecular weight excluding hydrogens is 463 g/mol. The van der Waals surface area contributed by atoms with Gasteiger partial charge < -0.3 is 20.4 Å². The molecule has 0 aliphatic carbocycles. The Morgan fingerprint density at radius 2 is 2.04 bits per heavy atom. The molecule has 3 N–H and O–H groups in total. The molecule has 6 nitrogen and oxygen atoms in total. The largest absolute Gasteiger partial charge is 0.469 e. The van der Waals surface area contributed by atoms with Crippen molar-refractivity contribution in [3.05, 3.63) is 46.5 Å². The van der Waals surface area contributed by atoms with Gasteiger partial charge in [0.05, 0.1) is 12.8 Å². The molecule has 144 valence electrons. The van der Waals surface area contributed by atoms with E-state index in [-0.39, 0.29) is 42.0 Å². The number of carbonyl (C=O) groups is 1. The van der Waals surface area contributed by atoms with Crippen LogP contribution < -0.4 is 16.0 Å². The summed E-state index contributed by atoms with van der Waals surface area (Å²) < 4.78 is 5.32. The Morgan fingerprint density at radius 1 is 1.23 bits per heavy atom. The Kier molecular flexibility index (Phi) is 9.71. The summed E-state index contributed by atoms with van der Waals surface area (Å²) in [6.07, 6.45) is 2.41. The molecule has 2 aromatic rings. The first-order valence-electron chi connectivity index (χ1n) is 8.30. The maximum absolute atomic E-state index is 12.0. The lowest BCUT2D eigenvalue weighted by Crippen LogP contribution is -2.43. The van der Waals surface area contributed by atoms with Crippen LogP contribution in [0.2, 0.25) is 0 Å². The standard InChI is InChI=1S/C18H26N4O2S.HI/c1-18(2,3)22-16(23)13-21-17(20-12-15-7-5-11-25-15)19-9-8-14-6-4-10-24-14;/h4-7,10-11H,8-9,12-13H2,1-3H3,(H,22,23)(H2,19,20,21);1H. The van der Waals surface area contributed by atoms with E-state index in [1.54, 1.807) is 17.6 Å². The van der Waals surface area contributed by atoms with E-state index in [9.17, 15) is 4.79 Å². The van der Waals surface area contributed by atoms with E-state index in [4.69, 9.17) is 4.42 Å². The number of thiophene rings is 1. The number of aliphatic imine (C=N–C) groups is 1. The van der Waals surface area contributed by atoms with Crippen LogP contribution >= 0.6 is 35.3 Å². The minimum absolute atomic E-state index is 0. The highest BCUT2D eigenvalue weighted by atomic mass is 127. The fourth-order valence-electron chi connectivity index (χ4n) is 2.13. The number of furan rings is 1. The minimum Gasteiger partial charge on any atom is -0.469 e. The lowest BCUT2D eigenvalue weighted by atomic mass is 10.1. The lowest BCUT2D eigenvalue weighted by molar-refractivity contribution is -0.121. The van der Waals surface area contributed by atoms with Crippen LogP contribution in [0.1, 0.15) is 31.4 Å². The summed E-state index contributed by atoms with van der Waals surface area (Å²) >= 11 is 1.68. The van der Waals surface area contributed by atoms with Crippen molar-refractivity contribution >= 4 is 47.2 Å². The van der Waals surface area contributed by atoms with Crippen LogP contribution in [0.5, 0.6) is 0 Å². The maximum Gasteiger partial charge on any atom is 0.242 e. The van der Waals surface area contributed by atoms with Crippen molar-refractivity contribution in [3.63, 3.8) is 0 Å². The first-order chi connectivity index (χ1) is 11.9. The highest BCUT2D eigenvalue weighted by Gasteiger charge is 2.13. The van der Waals surface area contributed by atoms with Gasteiger partial charge in [0.2, 0.25) is 5.91 Å². The third-order valence-corrected chi connectivity index (χ3v) is 4.03. The van der Waals surface area contributed by atoms with E-state index >= 15 is 0 Å². The molecule has 8 heteroatoms. The van der Waals surface area contributed by atoms with Crippen molar-refractivity contribution in [3.8, 4) is 0 Å². The first kappa shape index (κ1) is 22.5. The average molecular weight is 490 g/mol. The molecule has 0 unspecified atom stereocenters. The monoisotopic (exact) mass is 490 g/mol. The fraction of sp³-hybridized carbons (Fsp3) is 0.444. The van der Waals surface area contributed by atoms with E-state index in [1.165, 1.54) is 4.88 Å². The van der Waals surface area contributed by atoms with Crippen LogP contribution in [0.4, 0.5) is 0 Å². The van der Waals surface area contributed by atoms with Gasteiger partial charge >= 0.3 is 0 Å². The Hall–Kier alpha value is -1.55. The summed E-state index contributed by atoms with van der Waals surface area (Å²) in [5, 5.41) is 11.4. The molecule has 0 bridgehead atoms. The molecule has 0 aliphatic heterocycles. The highest BCUT2D eigenvalue weighted by Crippen LogP contribution is 2.07. The quantitative estimate of drug-likeness (QED) is 0.317. The van der Waals surface area contributed by atoms with Crippen LogP contribution in [-0.4, -0.2) is 30.5 Å². The van der Waals surface area contributed by atoms with Gasteiger partial charge in [0.25, 0.3) is 0 Å². The molecule has 2 rings (SSSR count). The number of guanidine groups is 1. The van der Waals surface area contributed by atoms with Gasteiger partial charge in [-0.05, 0) is 44.4 Å². The third kappa shape index (κ3) is 9.23. The Labute approximate surface area is 175 Å². The van der Waals surface area contributed by atoms with Crippen LogP contribution in [0.25, 0.3) is 0 Å². The topological polar surface area (TPSA) is 78.7 Å². The first-order valence-corrected chi connectivity index (χ1v) is 9.18. The smallest absolute Gasteiger partial charge is 0.242 e. The van der Waals surface area contributed by atoms with Gasteiger partial charge in [-0.25, -0.2) is 4.99 Å². The van der Waals surface area contributed by atoms with E-state index in [0.717, 1.165) is 12.2 Å². The van der Waals surface area contributed by atoms with Crippen LogP contribution in [0, 0.1) is 0 Å². The number of halogens is 1. The number of amides is 1. The molecule has 2 heterocycles. The number of nitrogens with zero attached hydrogens (tertiary/aromatic N) is 1. The van der Waals surface area contributed by atoms with Crippen LogP contribution in [0.15, 0.2) is 45.3 Å².